The largest absolute Gasteiger partial charge is 0.508 e. The van der Waals surface area contributed by atoms with Gasteiger partial charge in [-0.25, -0.2) is 4.98 Å². The van der Waals surface area contributed by atoms with Crippen molar-refractivity contribution in [1.29, 1.82) is 0 Å². The lowest BCUT2D eigenvalue weighted by molar-refractivity contribution is 0.474. The highest BCUT2D eigenvalue weighted by atomic mass is 32.1. The molecule has 3 rings (SSSR count). The van der Waals surface area contributed by atoms with Crippen molar-refractivity contribution < 1.29 is 10.2 Å². The molecule has 1 aromatic heterocycles. The van der Waals surface area contributed by atoms with Crippen molar-refractivity contribution in [3.05, 3.63) is 59.5 Å². The summed E-state index contributed by atoms with van der Waals surface area (Å²) in [7, 11) is 0. The van der Waals surface area contributed by atoms with Gasteiger partial charge in [-0.15, -0.1) is 11.3 Å². The van der Waals surface area contributed by atoms with Crippen LogP contribution in [0.15, 0.2) is 59.0 Å². The zero-order valence-corrected chi connectivity index (χ0v) is 12.3. The molecule has 5 nitrogen and oxygen atoms in total. The Morgan fingerprint density at radius 2 is 1.95 bits per heavy atom. The number of phenolic OH excluding ortho intramolecular Hbond substituents is 2. The second-order valence-electron chi connectivity index (χ2n) is 4.52. The van der Waals surface area contributed by atoms with Gasteiger partial charge < -0.3 is 10.2 Å². The minimum Gasteiger partial charge on any atom is -0.508 e. The van der Waals surface area contributed by atoms with Crippen LogP contribution in [0.1, 0.15) is 5.56 Å². The van der Waals surface area contributed by atoms with Crippen molar-refractivity contribution in [3.8, 4) is 22.8 Å². The van der Waals surface area contributed by atoms with Crippen LogP contribution in [0.3, 0.4) is 0 Å². The Labute approximate surface area is 131 Å². The second kappa shape index (κ2) is 6.28. The summed E-state index contributed by atoms with van der Waals surface area (Å²) in [5.74, 6) is 0.380. The Balaban J connectivity index is 1.71. The van der Waals surface area contributed by atoms with Gasteiger partial charge in [0.1, 0.15) is 11.5 Å². The van der Waals surface area contributed by atoms with E-state index in [2.05, 4.69) is 15.5 Å². The minimum atomic E-state index is 0.174. The summed E-state index contributed by atoms with van der Waals surface area (Å²) in [6.45, 7) is 0. The summed E-state index contributed by atoms with van der Waals surface area (Å²) in [5, 5.41) is 25.7. The highest BCUT2D eigenvalue weighted by Gasteiger charge is 2.04. The number of aromatic hydroxyl groups is 2. The molecule has 0 saturated heterocycles. The minimum absolute atomic E-state index is 0.174. The number of anilines is 1. The number of nitrogens with one attached hydrogen (secondary N) is 1. The molecule has 1 heterocycles. The second-order valence-corrected chi connectivity index (χ2v) is 5.38. The fraction of sp³-hybridized carbons (Fsp3) is 0. The number of phenols is 2. The van der Waals surface area contributed by atoms with Crippen LogP contribution in [-0.2, 0) is 0 Å². The van der Waals surface area contributed by atoms with Gasteiger partial charge >= 0.3 is 0 Å². The molecule has 0 amide bonds. The third kappa shape index (κ3) is 3.24. The van der Waals surface area contributed by atoms with Crippen LogP contribution in [0.4, 0.5) is 5.13 Å². The molecule has 0 saturated carbocycles. The summed E-state index contributed by atoms with van der Waals surface area (Å²) in [6.07, 6.45) is 1.53. The van der Waals surface area contributed by atoms with Crippen molar-refractivity contribution >= 4 is 22.7 Å². The number of hydrogen-bond donors (Lipinski definition) is 3. The molecule has 0 fully saturated rings. The molecule has 0 aliphatic heterocycles. The molecule has 0 spiro atoms. The van der Waals surface area contributed by atoms with Gasteiger partial charge in [-0.1, -0.05) is 24.3 Å². The predicted octanol–water partition coefficient (Wildman–Crippen LogP) is 3.67. The summed E-state index contributed by atoms with van der Waals surface area (Å²) >= 11 is 1.41. The molecule has 3 aromatic rings. The normalized spacial score (nSPS) is 10.9. The molecular weight excluding hydrogens is 298 g/mol. The highest BCUT2D eigenvalue weighted by Crippen LogP contribution is 2.27. The standard InChI is InChI=1S/C16H13N3O2S/c20-13-6-3-5-11(8-13)14-10-22-16(18-14)19-17-9-12-4-1-2-7-15(12)21/h1-10,20-21H,(H,18,19)/b17-9-. The average molecular weight is 311 g/mol. The molecule has 6 heteroatoms. The topological polar surface area (TPSA) is 77.7 Å². The Bertz CT molecular complexity index is 814. The molecule has 0 aliphatic carbocycles. The van der Waals surface area contributed by atoms with Gasteiger partial charge in [0.05, 0.1) is 11.9 Å². The number of para-hydroxylation sites is 1. The summed E-state index contributed by atoms with van der Waals surface area (Å²) in [5.41, 5.74) is 5.06. The van der Waals surface area contributed by atoms with E-state index in [0.717, 1.165) is 11.3 Å². The molecule has 3 N–H and O–H groups in total. The highest BCUT2D eigenvalue weighted by molar-refractivity contribution is 7.14. The molecule has 0 radical (unpaired) electrons. The third-order valence-corrected chi connectivity index (χ3v) is 3.69. The lowest BCUT2D eigenvalue weighted by Gasteiger charge is -1.98. The smallest absolute Gasteiger partial charge is 0.203 e. The molecule has 110 valence electrons. The predicted molar refractivity (Wildman–Crippen MR) is 88.5 cm³/mol. The maximum Gasteiger partial charge on any atom is 0.203 e. The zero-order valence-electron chi connectivity index (χ0n) is 11.5. The van der Waals surface area contributed by atoms with E-state index < -0.39 is 0 Å². The molecule has 0 bridgehead atoms. The average Bonchev–Trinajstić information content (AvgIpc) is 2.98. The number of benzene rings is 2. The van der Waals surface area contributed by atoms with Crippen molar-refractivity contribution in [2.75, 3.05) is 5.43 Å². The van der Waals surface area contributed by atoms with Gasteiger partial charge in [0, 0.05) is 16.5 Å². The first-order valence-electron chi connectivity index (χ1n) is 6.54. The van der Waals surface area contributed by atoms with Crippen molar-refractivity contribution in [1.82, 2.24) is 4.98 Å². The lowest BCUT2D eigenvalue weighted by Crippen LogP contribution is -1.90. The van der Waals surface area contributed by atoms with E-state index in [0.29, 0.717) is 10.7 Å². The van der Waals surface area contributed by atoms with Crippen LogP contribution in [-0.4, -0.2) is 21.4 Å². The fourth-order valence-electron chi connectivity index (χ4n) is 1.88. The summed E-state index contributed by atoms with van der Waals surface area (Å²) in [6, 6.07) is 13.9. The fourth-order valence-corrected chi connectivity index (χ4v) is 2.55. The third-order valence-electron chi connectivity index (χ3n) is 2.95. The number of hydrazone groups is 1. The molecule has 0 atom stereocenters. The molecule has 2 aromatic carbocycles. The molecule has 0 aliphatic rings. The monoisotopic (exact) mass is 311 g/mol. The van der Waals surface area contributed by atoms with Crippen LogP contribution in [0.2, 0.25) is 0 Å². The summed E-state index contributed by atoms with van der Waals surface area (Å²) in [4.78, 5) is 4.40. The maximum atomic E-state index is 9.63. The van der Waals surface area contributed by atoms with E-state index >= 15 is 0 Å². The number of hydrogen-bond acceptors (Lipinski definition) is 6. The van der Waals surface area contributed by atoms with Crippen LogP contribution >= 0.6 is 11.3 Å². The number of thiazole rings is 1. The Hall–Kier alpha value is -2.86. The Kier molecular flexibility index (Phi) is 4.02. The number of nitrogens with zero attached hydrogens (tertiary/aromatic N) is 2. The van der Waals surface area contributed by atoms with Crippen LogP contribution < -0.4 is 5.43 Å². The lowest BCUT2D eigenvalue weighted by atomic mass is 10.2. The van der Waals surface area contributed by atoms with Gasteiger partial charge in [0.2, 0.25) is 5.13 Å². The number of aromatic nitrogens is 1. The van der Waals surface area contributed by atoms with Gasteiger partial charge in [0.25, 0.3) is 0 Å². The molecule has 0 unspecified atom stereocenters. The van der Waals surface area contributed by atoms with E-state index in [1.165, 1.54) is 17.6 Å². The van der Waals surface area contributed by atoms with E-state index in [1.807, 2.05) is 17.5 Å². The van der Waals surface area contributed by atoms with Gasteiger partial charge in [-0.3, -0.25) is 5.43 Å². The molecule has 22 heavy (non-hydrogen) atoms. The van der Waals surface area contributed by atoms with E-state index in [4.69, 9.17) is 0 Å². The summed E-state index contributed by atoms with van der Waals surface area (Å²) < 4.78 is 0. The van der Waals surface area contributed by atoms with Crippen molar-refractivity contribution in [2.45, 2.75) is 0 Å². The van der Waals surface area contributed by atoms with Gasteiger partial charge in [-0.2, -0.15) is 5.10 Å². The SMILES string of the molecule is Oc1cccc(-c2csc(N/N=C\c3ccccc3O)n2)c1. The first-order chi connectivity index (χ1) is 10.7. The van der Waals surface area contributed by atoms with Crippen LogP contribution in [0, 0.1) is 0 Å². The Morgan fingerprint density at radius 3 is 2.77 bits per heavy atom. The van der Waals surface area contributed by atoms with Crippen LogP contribution in [0.25, 0.3) is 11.3 Å². The zero-order chi connectivity index (χ0) is 15.4. The van der Waals surface area contributed by atoms with E-state index in [1.54, 1.807) is 36.4 Å². The first-order valence-corrected chi connectivity index (χ1v) is 7.42. The van der Waals surface area contributed by atoms with Crippen LogP contribution in [0.5, 0.6) is 11.5 Å². The maximum absolute atomic E-state index is 9.63. The van der Waals surface area contributed by atoms with E-state index in [-0.39, 0.29) is 11.5 Å². The Morgan fingerprint density at radius 1 is 1.09 bits per heavy atom. The van der Waals surface area contributed by atoms with Gasteiger partial charge in [-0.05, 0) is 24.3 Å². The van der Waals surface area contributed by atoms with Crippen molar-refractivity contribution in [2.24, 2.45) is 5.10 Å². The van der Waals surface area contributed by atoms with E-state index in [9.17, 15) is 10.2 Å². The quantitative estimate of drug-likeness (QED) is 0.507. The molecular formula is C16H13N3O2S. The number of rotatable bonds is 4. The van der Waals surface area contributed by atoms with Gasteiger partial charge in [0.15, 0.2) is 0 Å². The van der Waals surface area contributed by atoms with Crippen molar-refractivity contribution in [3.63, 3.8) is 0 Å². The first kappa shape index (κ1) is 14.1.